The molecule has 0 spiro atoms. The first-order chi connectivity index (χ1) is 25.6. The molecule has 0 radical (unpaired) electrons. The lowest BCUT2D eigenvalue weighted by Gasteiger charge is -2.34. The van der Waals surface area contributed by atoms with Crippen LogP contribution in [0, 0.1) is 23.3 Å². The molecule has 53 heavy (non-hydrogen) atoms. The maximum atomic E-state index is 15.8. The highest BCUT2D eigenvalue weighted by atomic mass is 19.1. The predicted molar refractivity (Wildman–Crippen MR) is 193 cm³/mol. The van der Waals surface area contributed by atoms with Crippen LogP contribution in [-0.4, -0.2) is 71.2 Å². The van der Waals surface area contributed by atoms with Crippen LogP contribution in [-0.2, 0) is 0 Å². The van der Waals surface area contributed by atoms with Gasteiger partial charge in [0, 0.05) is 87.1 Å². The summed E-state index contributed by atoms with van der Waals surface area (Å²) in [6.07, 6.45) is 4.65. The molecule has 3 aromatic heterocycles. The highest BCUT2D eigenvalue weighted by molar-refractivity contribution is 5.89. The Labute approximate surface area is 299 Å². The Kier molecular flexibility index (Phi) is 8.07. The molecule has 1 atom stereocenters. The van der Waals surface area contributed by atoms with Gasteiger partial charge in [0.2, 0.25) is 10.9 Å². The lowest BCUT2D eigenvalue weighted by molar-refractivity contribution is 0.479. The van der Waals surface area contributed by atoms with Gasteiger partial charge in [-0.2, -0.15) is 0 Å². The average molecular weight is 727 g/mol. The predicted octanol–water partition coefficient (Wildman–Crippen LogP) is 5.12. The number of anilines is 2. The molecule has 272 valence electrons. The second kappa shape index (κ2) is 12.8. The Balaban J connectivity index is 1.19. The maximum absolute atomic E-state index is 15.8. The maximum Gasteiger partial charge on any atom is 0.253 e. The normalized spacial score (nSPS) is 18.0. The van der Waals surface area contributed by atoms with Gasteiger partial charge in [-0.15, -0.1) is 10.2 Å². The van der Waals surface area contributed by atoms with Gasteiger partial charge in [0.25, 0.3) is 11.8 Å². The number of piperazine rings is 2. The van der Waals surface area contributed by atoms with Gasteiger partial charge in [-0.3, -0.25) is 9.59 Å². The van der Waals surface area contributed by atoms with Gasteiger partial charge in [0.15, 0.2) is 0 Å². The number of aromatic nitrogens is 4. The molecule has 11 nitrogen and oxygen atoms in total. The summed E-state index contributed by atoms with van der Waals surface area (Å²) in [6.45, 7) is 6.30. The molecule has 3 fully saturated rings. The molecule has 1 aliphatic carbocycles. The van der Waals surface area contributed by atoms with Gasteiger partial charge in [-0.1, -0.05) is 0 Å². The molecule has 3 aliphatic rings. The molecule has 5 heterocycles. The molecule has 15 heteroatoms. The number of benzene rings is 3. The van der Waals surface area contributed by atoms with E-state index in [1.807, 2.05) is 21.3 Å². The Morgan fingerprint density at radius 1 is 0.717 bits per heavy atom. The van der Waals surface area contributed by atoms with Gasteiger partial charge in [0.1, 0.15) is 34.4 Å². The zero-order valence-electron chi connectivity index (χ0n) is 28.6. The van der Waals surface area contributed by atoms with E-state index in [1.165, 1.54) is 29.0 Å². The summed E-state index contributed by atoms with van der Waals surface area (Å²) in [4.78, 5) is 31.8. The zero-order chi connectivity index (χ0) is 36.5. The molecular formula is C38H34F4N8O3. The number of hydrogen-bond acceptors (Lipinski definition) is 9. The van der Waals surface area contributed by atoms with E-state index in [1.54, 1.807) is 12.3 Å². The first kappa shape index (κ1) is 33.3. The van der Waals surface area contributed by atoms with Crippen LogP contribution in [0.1, 0.15) is 25.8 Å². The monoisotopic (exact) mass is 726 g/mol. The standard InChI is InChI=1S/C38H34F4N8O3/c1-20-17-48(11-8-44-20)34-16-32-24(14-29(34)42)36(52)26(19-50(32)30-5-2-21(39)12-27(30)40)38-46-45-37(53-38)25-18-49(22-3-4-22)31-15-33(47-9-6-43-7-10-47)28(41)13-23(31)35(25)51/h2,5,12-16,18-20,22,43-44H,3-4,6-11,17H2,1H3. The van der Waals surface area contributed by atoms with Crippen molar-refractivity contribution in [2.45, 2.75) is 31.8 Å². The summed E-state index contributed by atoms with van der Waals surface area (Å²) in [5.41, 5.74) is -0.0637. The summed E-state index contributed by atoms with van der Waals surface area (Å²) >= 11 is 0. The van der Waals surface area contributed by atoms with Gasteiger partial charge >= 0.3 is 0 Å². The van der Waals surface area contributed by atoms with Crippen LogP contribution in [0.15, 0.2) is 68.9 Å². The molecule has 0 amide bonds. The van der Waals surface area contributed by atoms with Gasteiger partial charge in [-0.25, -0.2) is 17.6 Å². The molecule has 2 N–H and O–H groups in total. The lowest BCUT2D eigenvalue weighted by Crippen LogP contribution is -2.49. The Morgan fingerprint density at radius 2 is 1.32 bits per heavy atom. The number of fused-ring (bicyclic) bond motifs is 2. The van der Waals surface area contributed by atoms with E-state index in [9.17, 15) is 14.0 Å². The number of rotatable bonds is 6. The Morgan fingerprint density at radius 3 is 1.98 bits per heavy atom. The van der Waals surface area contributed by atoms with Crippen molar-refractivity contribution in [3.8, 4) is 28.6 Å². The van der Waals surface area contributed by atoms with Crippen LogP contribution in [0.25, 0.3) is 50.4 Å². The van der Waals surface area contributed by atoms with Crippen molar-refractivity contribution in [3.05, 3.63) is 98.6 Å². The van der Waals surface area contributed by atoms with E-state index in [0.29, 0.717) is 50.0 Å². The Bertz CT molecular complexity index is 2560. The first-order valence-electron chi connectivity index (χ1n) is 17.7. The number of halogens is 4. The largest absolute Gasteiger partial charge is 0.416 e. The molecule has 1 unspecified atom stereocenters. The van der Waals surface area contributed by atoms with Gasteiger partial charge < -0.3 is 34.0 Å². The average Bonchev–Trinajstić information content (AvgIpc) is 3.88. The molecule has 9 rings (SSSR count). The fourth-order valence-corrected chi connectivity index (χ4v) is 7.51. The van der Waals surface area contributed by atoms with Crippen LogP contribution >= 0.6 is 0 Å². The van der Waals surface area contributed by atoms with Crippen LogP contribution in [0.3, 0.4) is 0 Å². The topological polar surface area (TPSA) is 113 Å². The second-order valence-electron chi connectivity index (χ2n) is 13.9. The van der Waals surface area contributed by atoms with Crippen molar-refractivity contribution >= 4 is 33.2 Å². The number of pyridine rings is 2. The van der Waals surface area contributed by atoms with Crippen molar-refractivity contribution < 1.29 is 22.0 Å². The van der Waals surface area contributed by atoms with Crippen LogP contribution in [0.5, 0.6) is 0 Å². The fraction of sp³-hybridized carbons (Fsp3) is 0.316. The van der Waals surface area contributed by atoms with E-state index >= 15 is 13.2 Å². The minimum atomic E-state index is -0.919. The Hall–Kier alpha value is -5.54. The quantitative estimate of drug-likeness (QED) is 0.226. The van der Waals surface area contributed by atoms with E-state index in [0.717, 1.165) is 38.1 Å². The minimum Gasteiger partial charge on any atom is -0.416 e. The number of nitrogens with zero attached hydrogens (tertiary/aromatic N) is 6. The summed E-state index contributed by atoms with van der Waals surface area (Å²) in [5, 5.41) is 14.8. The summed E-state index contributed by atoms with van der Waals surface area (Å²) in [7, 11) is 0. The summed E-state index contributed by atoms with van der Waals surface area (Å²) in [5.74, 6) is -3.40. The first-order valence-corrected chi connectivity index (χ1v) is 17.7. The number of nitrogens with one attached hydrogen (secondary N) is 2. The molecule has 2 saturated heterocycles. The van der Waals surface area contributed by atoms with Crippen molar-refractivity contribution in [2.75, 3.05) is 55.6 Å². The van der Waals surface area contributed by atoms with Crippen molar-refractivity contribution in [1.82, 2.24) is 30.0 Å². The molecular weight excluding hydrogens is 692 g/mol. The summed E-state index contributed by atoms with van der Waals surface area (Å²) in [6, 6.07) is 8.72. The highest BCUT2D eigenvalue weighted by Gasteiger charge is 2.29. The number of hydrogen-bond donors (Lipinski definition) is 2. The third kappa shape index (κ3) is 5.83. The van der Waals surface area contributed by atoms with Crippen molar-refractivity contribution in [2.24, 2.45) is 0 Å². The van der Waals surface area contributed by atoms with Crippen molar-refractivity contribution in [1.29, 1.82) is 0 Å². The second-order valence-corrected chi connectivity index (χ2v) is 13.9. The molecule has 2 aliphatic heterocycles. The van der Waals surface area contributed by atoms with Gasteiger partial charge in [-0.05, 0) is 56.2 Å². The van der Waals surface area contributed by atoms with Crippen LogP contribution in [0.4, 0.5) is 28.9 Å². The fourth-order valence-electron chi connectivity index (χ4n) is 7.51. The molecule has 3 aromatic carbocycles. The smallest absolute Gasteiger partial charge is 0.253 e. The van der Waals surface area contributed by atoms with Gasteiger partial charge in [0.05, 0.1) is 28.1 Å². The zero-order valence-corrected chi connectivity index (χ0v) is 28.6. The van der Waals surface area contributed by atoms with E-state index in [4.69, 9.17) is 4.42 Å². The summed E-state index contributed by atoms with van der Waals surface area (Å²) < 4.78 is 70.1. The molecule has 0 bridgehead atoms. The third-order valence-electron chi connectivity index (χ3n) is 10.3. The SMILES string of the molecule is CC1CN(c2cc3c(cc2F)c(=O)c(-c2nnc(-c4cn(C5CC5)c5cc(N6CCNCC6)c(F)cc5c4=O)o2)cn3-c2ccc(F)cc2F)CCN1. The third-order valence-corrected chi connectivity index (χ3v) is 10.3. The van der Waals surface area contributed by atoms with E-state index < -0.39 is 34.1 Å². The van der Waals surface area contributed by atoms with Crippen LogP contribution in [0.2, 0.25) is 0 Å². The van der Waals surface area contributed by atoms with Crippen molar-refractivity contribution in [3.63, 3.8) is 0 Å². The minimum absolute atomic E-state index is 0.0177. The van der Waals surface area contributed by atoms with E-state index in [2.05, 4.69) is 20.8 Å². The highest BCUT2D eigenvalue weighted by Crippen LogP contribution is 2.39. The lowest BCUT2D eigenvalue weighted by atomic mass is 10.1. The van der Waals surface area contributed by atoms with Crippen LogP contribution < -0.4 is 31.3 Å². The molecule has 1 saturated carbocycles. The van der Waals surface area contributed by atoms with E-state index in [-0.39, 0.29) is 62.7 Å². The molecule has 6 aromatic rings.